The minimum absolute atomic E-state index is 0.0117. The molecule has 0 saturated heterocycles. The van der Waals surface area contributed by atoms with Gasteiger partial charge in [-0.15, -0.1) is 0 Å². The summed E-state index contributed by atoms with van der Waals surface area (Å²) >= 11 is 0. The van der Waals surface area contributed by atoms with Gasteiger partial charge in [-0.1, -0.05) is 0 Å². The fraction of sp³-hybridized carbons (Fsp3) is 0.462. The molecule has 0 saturated carbocycles. The molecule has 0 aromatic carbocycles. The van der Waals surface area contributed by atoms with E-state index in [1.807, 2.05) is 13.8 Å². The first kappa shape index (κ1) is 16.5. The SMILES string of the molecule is CC(C)NC(=O)C(C)NC(=O)NCc1ccc(C(=O)O)o1. The lowest BCUT2D eigenvalue weighted by molar-refractivity contribution is -0.123. The molecule has 0 aliphatic heterocycles. The fourth-order valence-corrected chi connectivity index (χ4v) is 1.48. The second-order valence-corrected chi connectivity index (χ2v) is 4.78. The van der Waals surface area contributed by atoms with Crippen LogP contribution < -0.4 is 16.0 Å². The molecule has 0 aliphatic carbocycles. The van der Waals surface area contributed by atoms with E-state index in [1.54, 1.807) is 6.92 Å². The molecule has 1 heterocycles. The highest BCUT2D eigenvalue weighted by atomic mass is 16.4. The van der Waals surface area contributed by atoms with E-state index in [4.69, 9.17) is 9.52 Å². The van der Waals surface area contributed by atoms with Crippen LogP contribution in [0.3, 0.4) is 0 Å². The maximum atomic E-state index is 11.6. The smallest absolute Gasteiger partial charge is 0.371 e. The van der Waals surface area contributed by atoms with Gasteiger partial charge in [0.05, 0.1) is 6.54 Å². The third kappa shape index (κ3) is 5.55. The van der Waals surface area contributed by atoms with Crippen LogP contribution in [-0.4, -0.2) is 35.1 Å². The Balaban J connectivity index is 2.39. The minimum Gasteiger partial charge on any atom is -0.475 e. The van der Waals surface area contributed by atoms with E-state index in [0.717, 1.165) is 0 Å². The van der Waals surface area contributed by atoms with Gasteiger partial charge in [0.2, 0.25) is 11.7 Å². The number of carboxylic acid groups (broad SMARTS) is 1. The molecule has 0 bridgehead atoms. The van der Waals surface area contributed by atoms with Crippen LogP contribution in [0, 0.1) is 0 Å². The molecule has 0 fully saturated rings. The molecule has 0 radical (unpaired) electrons. The van der Waals surface area contributed by atoms with Gasteiger partial charge in [-0.25, -0.2) is 9.59 Å². The van der Waals surface area contributed by atoms with Gasteiger partial charge in [0.15, 0.2) is 0 Å². The van der Waals surface area contributed by atoms with Gasteiger partial charge in [0, 0.05) is 6.04 Å². The Bertz CT molecular complexity index is 524. The molecule has 1 atom stereocenters. The lowest BCUT2D eigenvalue weighted by Crippen LogP contribution is -2.49. The van der Waals surface area contributed by atoms with Crippen molar-refractivity contribution in [1.82, 2.24) is 16.0 Å². The average Bonchev–Trinajstić information content (AvgIpc) is 2.84. The zero-order valence-corrected chi connectivity index (χ0v) is 12.1. The third-order valence-corrected chi connectivity index (χ3v) is 2.47. The van der Waals surface area contributed by atoms with Crippen LogP contribution in [0.5, 0.6) is 0 Å². The molecular formula is C13H19N3O5. The molecule has 1 aromatic heterocycles. The summed E-state index contributed by atoms with van der Waals surface area (Å²) in [5.74, 6) is -1.35. The molecule has 0 aliphatic rings. The number of nitrogens with one attached hydrogen (secondary N) is 3. The summed E-state index contributed by atoms with van der Waals surface area (Å²) in [6, 6.07) is 1.52. The lowest BCUT2D eigenvalue weighted by Gasteiger charge is -2.16. The van der Waals surface area contributed by atoms with Crippen LogP contribution in [-0.2, 0) is 11.3 Å². The summed E-state index contributed by atoms with van der Waals surface area (Å²) in [5, 5.41) is 16.3. The first-order valence-electron chi connectivity index (χ1n) is 6.46. The quantitative estimate of drug-likeness (QED) is 0.615. The number of aromatic carboxylic acids is 1. The van der Waals surface area contributed by atoms with Crippen molar-refractivity contribution in [2.24, 2.45) is 0 Å². The largest absolute Gasteiger partial charge is 0.475 e. The monoisotopic (exact) mass is 297 g/mol. The second-order valence-electron chi connectivity index (χ2n) is 4.78. The van der Waals surface area contributed by atoms with Crippen LogP contribution in [0.15, 0.2) is 16.5 Å². The van der Waals surface area contributed by atoms with Crippen molar-refractivity contribution in [3.63, 3.8) is 0 Å². The number of urea groups is 1. The summed E-state index contributed by atoms with van der Waals surface area (Å²) in [4.78, 5) is 33.8. The zero-order chi connectivity index (χ0) is 16.0. The number of carboxylic acids is 1. The third-order valence-electron chi connectivity index (χ3n) is 2.47. The molecule has 1 rings (SSSR count). The molecule has 21 heavy (non-hydrogen) atoms. The topological polar surface area (TPSA) is 121 Å². The van der Waals surface area contributed by atoms with Gasteiger partial charge in [0.25, 0.3) is 0 Å². The van der Waals surface area contributed by atoms with Gasteiger partial charge < -0.3 is 25.5 Å². The summed E-state index contributed by atoms with van der Waals surface area (Å²) in [5.41, 5.74) is 0. The van der Waals surface area contributed by atoms with Gasteiger partial charge in [0.1, 0.15) is 11.8 Å². The summed E-state index contributed by atoms with van der Waals surface area (Å²) < 4.78 is 4.98. The number of carbonyl (C=O) groups excluding carboxylic acids is 2. The van der Waals surface area contributed by atoms with Crippen molar-refractivity contribution in [2.75, 3.05) is 0 Å². The molecule has 1 aromatic rings. The van der Waals surface area contributed by atoms with Crippen molar-refractivity contribution < 1.29 is 23.9 Å². The van der Waals surface area contributed by atoms with Crippen molar-refractivity contribution in [1.29, 1.82) is 0 Å². The second kappa shape index (κ2) is 7.32. The molecule has 8 heteroatoms. The fourth-order valence-electron chi connectivity index (χ4n) is 1.48. The zero-order valence-electron chi connectivity index (χ0n) is 12.1. The maximum absolute atomic E-state index is 11.6. The number of rotatable bonds is 6. The van der Waals surface area contributed by atoms with Gasteiger partial charge in [-0.05, 0) is 32.9 Å². The summed E-state index contributed by atoms with van der Waals surface area (Å²) in [6.07, 6.45) is 0. The van der Waals surface area contributed by atoms with Crippen LogP contribution in [0.2, 0.25) is 0 Å². The number of furan rings is 1. The summed E-state index contributed by atoms with van der Waals surface area (Å²) in [7, 11) is 0. The summed E-state index contributed by atoms with van der Waals surface area (Å²) in [6.45, 7) is 5.23. The Morgan fingerprint density at radius 2 is 1.86 bits per heavy atom. The van der Waals surface area contributed by atoms with Crippen molar-refractivity contribution in [2.45, 2.75) is 39.4 Å². The van der Waals surface area contributed by atoms with Crippen LogP contribution in [0.1, 0.15) is 37.1 Å². The normalized spacial score (nSPS) is 11.8. The predicted octanol–water partition coefficient (Wildman–Crippen LogP) is 0.690. The Morgan fingerprint density at radius 1 is 1.19 bits per heavy atom. The van der Waals surface area contributed by atoms with E-state index < -0.39 is 18.0 Å². The minimum atomic E-state index is -1.18. The van der Waals surface area contributed by atoms with Crippen LogP contribution >= 0.6 is 0 Å². The number of hydrogen-bond acceptors (Lipinski definition) is 4. The highest BCUT2D eigenvalue weighted by molar-refractivity contribution is 5.86. The highest BCUT2D eigenvalue weighted by Crippen LogP contribution is 2.07. The lowest BCUT2D eigenvalue weighted by atomic mass is 10.3. The van der Waals surface area contributed by atoms with Gasteiger partial charge in [-0.3, -0.25) is 4.79 Å². The van der Waals surface area contributed by atoms with Gasteiger partial charge >= 0.3 is 12.0 Å². The Kier molecular flexibility index (Phi) is 5.77. The first-order chi connectivity index (χ1) is 9.79. The molecule has 0 spiro atoms. The number of hydrogen-bond donors (Lipinski definition) is 4. The molecular weight excluding hydrogens is 278 g/mol. The van der Waals surface area contributed by atoms with Gasteiger partial charge in [-0.2, -0.15) is 0 Å². The molecule has 8 nitrogen and oxygen atoms in total. The number of amides is 3. The predicted molar refractivity (Wildman–Crippen MR) is 73.8 cm³/mol. The van der Waals surface area contributed by atoms with E-state index in [9.17, 15) is 14.4 Å². The van der Waals surface area contributed by atoms with Crippen LogP contribution in [0.25, 0.3) is 0 Å². The van der Waals surface area contributed by atoms with Crippen molar-refractivity contribution in [3.05, 3.63) is 23.7 Å². The Labute approximate surface area is 121 Å². The Morgan fingerprint density at radius 3 is 2.38 bits per heavy atom. The van der Waals surface area contributed by atoms with Crippen LogP contribution in [0.4, 0.5) is 4.79 Å². The van der Waals surface area contributed by atoms with Crippen molar-refractivity contribution in [3.8, 4) is 0 Å². The average molecular weight is 297 g/mol. The molecule has 3 amide bonds. The van der Waals surface area contributed by atoms with E-state index >= 15 is 0 Å². The Hall–Kier alpha value is -2.51. The van der Waals surface area contributed by atoms with E-state index in [-0.39, 0.29) is 24.3 Å². The van der Waals surface area contributed by atoms with Crippen molar-refractivity contribution >= 4 is 17.9 Å². The first-order valence-corrected chi connectivity index (χ1v) is 6.46. The van der Waals surface area contributed by atoms with E-state index in [1.165, 1.54) is 12.1 Å². The van der Waals surface area contributed by atoms with E-state index in [2.05, 4.69) is 16.0 Å². The standard InChI is InChI=1S/C13H19N3O5/c1-7(2)15-11(17)8(3)16-13(20)14-6-9-4-5-10(21-9)12(18)19/h4-5,7-8H,6H2,1-3H3,(H,15,17)(H,18,19)(H2,14,16,20). The van der Waals surface area contributed by atoms with E-state index in [0.29, 0.717) is 5.76 Å². The number of carbonyl (C=O) groups is 3. The molecule has 1 unspecified atom stereocenters. The molecule has 4 N–H and O–H groups in total. The molecule has 116 valence electrons. The highest BCUT2D eigenvalue weighted by Gasteiger charge is 2.16. The maximum Gasteiger partial charge on any atom is 0.371 e.